The fourth-order valence-electron chi connectivity index (χ4n) is 5.81. The third-order valence-corrected chi connectivity index (χ3v) is 9.61. The maximum Gasteiger partial charge on any atom is 0.243 e. The van der Waals surface area contributed by atoms with E-state index in [-0.39, 0.29) is 37.4 Å². The first-order valence-corrected chi connectivity index (χ1v) is 17.6. The van der Waals surface area contributed by atoms with E-state index in [1.165, 1.54) is 10.6 Å². The number of benzene rings is 3. The van der Waals surface area contributed by atoms with Crippen molar-refractivity contribution in [2.45, 2.75) is 77.4 Å². The van der Waals surface area contributed by atoms with Crippen LogP contribution in [0, 0.1) is 13.8 Å². The average molecular weight is 669 g/mol. The Kier molecular flexibility index (Phi) is 11.4. The lowest BCUT2D eigenvalue weighted by Crippen LogP contribution is -2.52. The molecule has 4 rings (SSSR count). The Hall–Kier alpha value is -3.17. The maximum absolute atomic E-state index is 14.0. The Morgan fingerprint density at radius 1 is 0.930 bits per heavy atom. The second-order valence-corrected chi connectivity index (χ2v) is 14.5. The molecule has 0 heterocycles. The van der Waals surface area contributed by atoms with Crippen molar-refractivity contribution in [2.75, 3.05) is 17.1 Å². The van der Waals surface area contributed by atoms with Crippen LogP contribution < -0.4 is 9.62 Å². The summed E-state index contributed by atoms with van der Waals surface area (Å²) in [7, 11) is -3.57. The molecule has 0 radical (unpaired) electrons. The van der Waals surface area contributed by atoms with Gasteiger partial charge < -0.3 is 10.2 Å². The summed E-state index contributed by atoms with van der Waals surface area (Å²) < 4.78 is 27.8. The number of nitrogens with one attached hydrogen (secondary N) is 1. The van der Waals surface area contributed by atoms with Crippen LogP contribution in [0.5, 0.6) is 0 Å². The molecule has 3 aromatic carbocycles. The van der Waals surface area contributed by atoms with E-state index < -0.39 is 16.1 Å². The van der Waals surface area contributed by atoms with Gasteiger partial charge in [0.2, 0.25) is 21.8 Å². The Balaban J connectivity index is 1.59. The summed E-state index contributed by atoms with van der Waals surface area (Å²) in [5.41, 5.74) is 4.42. The second kappa shape index (κ2) is 15.0. The molecule has 0 aliphatic heterocycles. The molecule has 3 aromatic rings. The van der Waals surface area contributed by atoms with Crippen LogP contribution in [0.1, 0.15) is 60.8 Å². The number of carbonyl (C=O) groups excluding carboxylic acids is 2. The largest absolute Gasteiger partial charge is 0.352 e. The first kappa shape index (κ1) is 32.7. The topological polar surface area (TPSA) is 86.8 Å². The van der Waals surface area contributed by atoms with Gasteiger partial charge in [-0.2, -0.15) is 0 Å². The Labute approximate surface area is 264 Å². The van der Waals surface area contributed by atoms with Crippen LogP contribution in [0.2, 0.25) is 0 Å². The van der Waals surface area contributed by atoms with Gasteiger partial charge in [-0.15, -0.1) is 0 Å². The lowest BCUT2D eigenvalue weighted by molar-refractivity contribution is -0.141. The molecule has 2 amide bonds. The quantitative estimate of drug-likeness (QED) is 0.231. The van der Waals surface area contributed by atoms with Gasteiger partial charge in [0.1, 0.15) is 6.04 Å². The molecule has 1 N–H and O–H groups in total. The molecule has 1 atom stereocenters. The van der Waals surface area contributed by atoms with E-state index in [0.29, 0.717) is 18.5 Å². The summed E-state index contributed by atoms with van der Waals surface area (Å²) in [5, 5.41) is 3.23. The normalized spacial score (nSPS) is 14.3. The van der Waals surface area contributed by atoms with Crippen molar-refractivity contribution in [3.63, 3.8) is 0 Å². The summed E-state index contributed by atoms with van der Waals surface area (Å²) in [6, 6.07) is 22.6. The number of rotatable bonds is 13. The Bertz CT molecular complexity index is 1470. The van der Waals surface area contributed by atoms with E-state index >= 15 is 0 Å². The van der Waals surface area contributed by atoms with Gasteiger partial charge in [0.05, 0.1) is 11.9 Å². The van der Waals surface area contributed by atoms with Crippen LogP contribution >= 0.6 is 15.9 Å². The van der Waals surface area contributed by atoms with Gasteiger partial charge in [-0.25, -0.2) is 8.42 Å². The Morgan fingerprint density at radius 3 is 2.16 bits per heavy atom. The number of carbonyl (C=O) groups is 2. The first-order chi connectivity index (χ1) is 20.5. The van der Waals surface area contributed by atoms with E-state index in [1.807, 2.05) is 86.6 Å². The molecule has 1 aliphatic rings. The number of hydrogen-bond donors (Lipinski definition) is 1. The lowest BCUT2D eigenvalue weighted by Gasteiger charge is -2.33. The monoisotopic (exact) mass is 667 g/mol. The second-order valence-electron chi connectivity index (χ2n) is 11.6. The van der Waals surface area contributed by atoms with E-state index in [2.05, 4.69) is 21.2 Å². The molecule has 1 saturated carbocycles. The zero-order valence-electron chi connectivity index (χ0n) is 25.3. The highest BCUT2D eigenvalue weighted by Crippen LogP contribution is 2.24. The molecule has 230 valence electrons. The first-order valence-electron chi connectivity index (χ1n) is 14.9. The van der Waals surface area contributed by atoms with Crippen LogP contribution in [-0.4, -0.2) is 50.0 Å². The highest BCUT2D eigenvalue weighted by Gasteiger charge is 2.32. The van der Waals surface area contributed by atoms with Gasteiger partial charge in [-0.1, -0.05) is 77.3 Å². The molecule has 0 aromatic heterocycles. The molecular weight excluding hydrogens is 626 g/mol. The molecule has 9 heteroatoms. The van der Waals surface area contributed by atoms with Gasteiger partial charge in [0, 0.05) is 36.4 Å². The molecular formula is C34H42BrN3O4S. The van der Waals surface area contributed by atoms with Crippen molar-refractivity contribution in [1.29, 1.82) is 0 Å². The van der Waals surface area contributed by atoms with E-state index in [4.69, 9.17) is 0 Å². The standard InChI is InChI=1S/C34H42BrN3O4S/c1-25-20-26(2)22-31(21-25)38(43(3,41)42)19-9-14-33(39)37(24-28-15-17-29(35)18-16-28)32(23-27-10-5-4-6-11-27)34(40)36-30-12-7-8-13-30/h4-6,10-11,15-18,20-22,30,32H,7-9,12-14,19,23-24H2,1-3H3,(H,36,40). The number of sulfonamides is 1. The van der Waals surface area contributed by atoms with E-state index in [9.17, 15) is 18.0 Å². The molecule has 0 spiro atoms. The molecule has 43 heavy (non-hydrogen) atoms. The van der Waals surface area contributed by atoms with Crippen molar-refractivity contribution in [1.82, 2.24) is 10.2 Å². The van der Waals surface area contributed by atoms with Crippen LogP contribution in [0.25, 0.3) is 0 Å². The van der Waals surface area contributed by atoms with Crippen LogP contribution in [0.15, 0.2) is 77.3 Å². The maximum atomic E-state index is 14.0. The molecule has 7 nitrogen and oxygen atoms in total. The molecule has 1 aliphatic carbocycles. The fourth-order valence-corrected chi connectivity index (χ4v) is 7.02. The number of aryl methyl sites for hydroxylation is 2. The number of nitrogens with zero attached hydrogens (tertiary/aromatic N) is 2. The van der Waals surface area contributed by atoms with Gasteiger partial charge >= 0.3 is 0 Å². The van der Waals surface area contributed by atoms with Gasteiger partial charge in [0.25, 0.3) is 0 Å². The zero-order valence-corrected chi connectivity index (χ0v) is 27.7. The van der Waals surface area contributed by atoms with Crippen LogP contribution in [0.3, 0.4) is 0 Å². The van der Waals surface area contributed by atoms with Gasteiger partial charge in [-0.05, 0) is 79.6 Å². The molecule has 1 unspecified atom stereocenters. The Morgan fingerprint density at radius 2 is 1.56 bits per heavy atom. The fraction of sp³-hybridized carbons (Fsp3) is 0.412. The highest BCUT2D eigenvalue weighted by molar-refractivity contribution is 9.10. The van der Waals surface area contributed by atoms with E-state index in [0.717, 1.165) is 52.4 Å². The van der Waals surface area contributed by atoms with Crippen LogP contribution in [-0.2, 0) is 32.6 Å². The van der Waals surface area contributed by atoms with Crippen molar-refractivity contribution >= 4 is 43.5 Å². The summed E-state index contributed by atoms with van der Waals surface area (Å²) in [6.45, 7) is 4.31. The SMILES string of the molecule is Cc1cc(C)cc(N(CCCC(=O)N(Cc2ccc(Br)cc2)C(Cc2ccccc2)C(=O)NC2CCCC2)S(C)(=O)=O)c1. The summed E-state index contributed by atoms with van der Waals surface area (Å²) in [4.78, 5) is 29.6. The predicted molar refractivity (Wildman–Crippen MR) is 176 cm³/mol. The summed E-state index contributed by atoms with van der Waals surface area (Å²) in [6.07, 6.45) is 6.08. The lowest BCUT2D eigenvalue weighted by atomic mass is 10.0. The van der Waals surface area contributed by atoms with Crippen molar-refractivity contribution in [3.8, 4) is 0 Å². The van der Waals surface area contributed by atoms with Crippen LogP contribution in [0.4, 0.5) is 5.69 Å². The molecule has 1 fully saturated rings. The highest BCUT2D eigenvalue weighted by atomic mass is 79.9. The molecule has 0 bridgehead atoms. The number of halogens is 1. The summed E-state index contributed by atoms with van der Waals surface area (Å²) >= 11 is 3.48. The van der Waals surface area contributed by atoms with Crippen molar-refractivity contribution in [2.24, 2.45) is 0 Å². The smallest absolute Gasteiger partial charge is 0.243 e. The van der Waals surface area contributed by atoms with Crippen molar-refractivity contribution < 1.29 is 18.0 Å². The minimum absolute atomic E-state index is 0.106. The molecule has 0 saturated heterocycles. The number of amides is 2. The van der Waals surface area contributed by atoms with E-state index in [1.54, 1.807) is 4.90 Å². The summed E-state index contributed by atoms with van der Waals surface area (Å²) in [5.74, 6) is -0.325. The number of hydrogen-bond acceptors (Lipinski definition) is 4. The zero-order chi connectivity index (χ0) is 31.0. The minimum atomic E-state index is -3.57. The minimum Gasteiger partial charge on any atom is -0.352 e. The van der Waals surface area contributed by atoms with Gasteiger partial charge in [0.15, 0.2) is 0 Å². The average Bonchev–Trinajstić information content (AvgIpc) is 3.46. The van der Waals surface area contributed by atoms with Gasteiger partial charge in [-0.3, -0.25) is 13.9 Å². The van der Waals surface area contributed by atoms with Crippen molar-refractivity contribution in [3.05, 3.63) is 99.5 Å². The predicted octanol–water partition coefficient (Wildman–Crippen LogP) is 6.31. The third-order valence-electron chi connectivity index (χ3n) is 7.89. The third kappa shape index (κ3) is 9.66. The number of anilines is 1.